The van der Waals surface area contributed by atoms with Crippen LogP contribution < -0.4 is 16.8 Å². The normalized spacial score (nSPS) is 16.9. The van der Waals surface area contributed by atoms with Gasteiger partial charge in [0, 0.05) is 61.7 Å². The van der Waals surface area contributed by atoms with Crippen molar-refractivity contribution in [2.75, 3.05) is 40.3 Å². The molecule has 2 aliphatic heterocycles. The molecule has 206 valence electrons. The number of carbonyl (C=O) groups is 1. The van der Waals surface area contributed by atoms with E-state index in [1.807, 2.05) is 48.5 Å². The Morgan fingerprint density at radius 1 is 1.11 bits per heavy atom. The first kappa shape index (κ1) is 35.9. The molecule has 7 heteroatoms. The molecule has 0 aromatic rings. The van der Waals surface area contributed by atoms with Gasteiger partial charge >= 0.3 is 0 Å². The predicted octanol–water partition coefficient (Wildman–Crippen LogP) is 5.96. The van der Waals surface area contributed by atoms with Gasteiger partial charge in [-0.1, -0.05) is 81.3 Å². The van der Waals surface area contributed by atoms with Crippen LogP contribution in [0.2, 0.25) is 0 Å². The van der Waals surface area contributed by atoms with Crippen LogP contribution in [0.15, 0.2) is 68.2 Å². The molecular weight excluding hydrogens is 514 g/mol. The minimum Gasteiger partial charge on any atom is -0.398 e. The van der Waals surface area contributed by atoms with Gasteiger partial charge in [0.25, 0.3) is 5.91 Å². The highest BCUT2D eigenvalue weighted by molar-refractivity contribution is 9.12. The molecule has 0 bridgehead atoms. The van der Waals surface area contributed by atoms with Crippen molar-refractivity contribution in [1.82, 2.24) is 15.1 Å². The number of nitrogens with zero attached hydrogens (tertiary/aromatic N) is 2. The van der Waals surface area contributed by atoms with E-state index in [1.165, 1.54) is 21.7 Å². The lowest BCUT2D eigenvalue weighted by atomic mass is 10.00. The fourth-order valence-electron chi connectivity index (χ4n) is 3.48. The predicted molar refractivity (Wildman–Crippen MR) is 163 cm³/mol. The van der Waals surface area contributed by atoms with E-state index in [-0.39, 0.29) is 11.6 Å². The molecule has 0 saturated heterocycles. The van der Waals surface area contributed by atoms with Crippen molar-refractivity contribution < 1.29 is 4.79 Å². The Bertz CT molecular complexity index is 876. The number of rotatable bonds is 6. The average molecular weight is 567 g/mol. The number of likely N-dealkylation sites (N-methyl/N-ethyl adjacent to an activating group) is 1. The van der Waals surface area contributed by atoms with E-state index in [2.05, 4.69) is 58.2 Å². The van der Waals surface area contributed by atoms with Gasteiger partial charge in [-0.2, -0.15) is 0 Å². The van der Waals surface area contributed by atoms with Crippen LogP contribution in [0.3, 0.4) is 0 Å². The number of hydrogen-bond donors (Lipinski definition) is 3. The Balaban J connectivity index is 0. The number of allylic oxidation sites excluding steroid dienone is 7. The molecule has 5 N–H and O–H groups in total. The second-order valence-corrected chi connectivity index (χ2v) is 8.93. The Morgan fingerprint density at radius 2 is 1.69 bits per heavy atom. The van der Waals surface area contributed by atoms with Crippen LogP contribution in [0.4, 0.5) is 0 Å². The van der Waals surface area contributed by atoms with Crippen LogP contribution in [0.5, 0.6) is 0 Å². The third kappa shape index (κ3) is 12.1. The Morgan fingerprint density at radius 3 is 2.17 bits per heavy atom. The monoisotopic (exact) mass is 565 g/mol. The molecule has 36 heavy (non-hydrogen) atoms. The second kappa shape index (κ2) is 19.9. The number of nitrogens with one attached hydrogen (secondary N) is 1. The maximum Gasteiger partial charge on any atom is 0.269 e. The molecule has 1 amide bonds. The summed E-state index contributed by atoms with van der Waals surface area (Å²) in [5, 5.41) is 3.38. The molecule has 0 aromatic carbocycles. The van der Waals surface area contributed by atoms with E-state index in [0.29, 0.717) is 5.70 Å². The molecule has 0 aromatic heterocycles. The first-order valence-corrected chi connectivity index (χ1v) is 13.9. The highest BCUT2D eigenvalue weighted by Gasteiger charge is 2.16. The fourth-order valence-corrected chi connectivity index (χ4v) is 4.06. The van der Waals surface area contributed by atoms with Gasteiger partial charge in [-0.3, -0.25) is 9.69 Å². The van der Waals surface area contributed by atoms with Crippen LogP contribution >= 0.6 is 15.9 Å². The quantitative estimate of drug-likeness (QED) is 0.273. The molecule has 2 rings (SSSR count). The van der Waals surface area contributed by atoms with E-state index in [0.717, 1.165) is 48.2 Å². The van der Waals surface area contributed by atoms with Crippen LogP contribution in [0, 0.1) is 0 Å². The third-order valence-corrected chi connectivity index (χ3v) is 6.01. The molecule has 0 radical (unpaired) electrons. The Kier molecular flexibility index (Phi) is 19.8. The molecule has 0 spiro atoms. The van der Waals surface area contributed by atoms with Gasteiger partial charge in [0.2, 0.25) is 0 Å². The zero-order valence-electron chi connectivity index (χ0n) is 24.7. The largest absolute Gasteiger partial charge is 0.398 e. The van der Waals surface area contributed by atoms with Crippen molar-refractivity contribution in [3.63, 3.8) is 0 Å². The topological polar surface area (TPSA) is 87.6 Å². The smallest absolute Gasteiger partial charge is 0.269 e. The van der Waals surface area contributed by atoms with Crippen LogP contribution in [0.1, 0.15) is 68.7 Å². The van der Waals surface area contributed by atoms with Gasteiger partial charge in [0.05, 0.1) is 5.70 Å². The minimum atomic E-state index is -0.215. The van der Waals surface area contributed by atoms with Crippen molar-refractivity contribution >= 4 is 21.8 Å². The molecular formula is C29H52BrN5O. The fraction of sp³-hybridized carbons (Fsp3) is 0.552. The van der Waals surface area contributed by atoms with Gasteiger partial charge in [0.15, 0.2) is 0 Å². The molecule has 0 atom stereocenters. The summed E-state index contributed by atoms with van der Waals surface area (Å²) in [7, 11) is 3.36. The number of nitrogens with two attached hydrogens (primary N) is 2. The van der Waals surface area contributed by atoms with E-state index in [1.54, 1.807) is 20.2 Å². The second-order valence-electron chi connectivity index (χ2n) is 8.07. The number of halogens is 1. The summed E-state index contributed by atoms with van der Waals surface area (Å²) in [4.78, 5) is 15.8. The molecule has 0 aliphatic carbocycles. The lowest BCUT2D eigenvalue weighted by Crippen LogP contribution is -2.31. The van der Waals surface area contributed by atoms with E-state index < -0.39 is 0 Å². The number of carbonyl (C=O) groups excluding carboxylic acids is 1. The summed E-state index contributed by atoms with van der Waals surface area (Å²) < 4.78 is 1.15. The molecule has 6 nitrogen and oxygen atoms in total. The van der Waals surface area contributed by atoms with Gasteiger partial charge in [-0.25, -0.2) is 0 Å². The number of hydrogen-bond acceptors (Lipinski definition) is 5. The van der Waals surface area contributed by atoms with Crippen molar-refractivity contribution in [2.45, 2.75) is 68.7 Å². The summed E-state index contributed by atoms with van der Waals surface area (Å²) in [6.45, 7) is 21.7. The summed E-state index contributed by atoms with van der Waals surface area (Å²) in [5.41, 5.74) is 18.8. The minimum absolute atomic E-state index is 0.196. The van der Waals surface area contributed by atoms with Crippen LogP contribution in [0.25, 0.3) is 0 Å². The Hall–Kier alpha value is -2.25. The third-order valence-electron chi connectivity index (χ3n) is 5.26. The zero-order valence-corrected chi connectivity index (χ0v) is 26.3. The molecule has 0 unspecified atom stereocenters. The molecule has 2 heterocycles. The first-order chi connectivity index (χ1) is 17.1. The molecule has 2 aliphatic rings. The highest BCUT2D eigenvalue weighted by atomic mass is 79.9. The van der Waals surface area contributed by atoms with Crippen LogP contribution in [-0.4, -0.2) is 56.0 Å². The summed E-state index contributed by atoms with van der Waals surface area (Å²) in [6, 6.07) is 0. The van der Waals surface area contributed by atoms with Crippen molar-refractivity contribution in [3.05, 3.63) is 68.2 Å². The van der Waals surface area contributed by atoms with Gasteiger partial charge in [0.1, 0.15) is 0 Å². The maximum atomic E-state index is 11.9. The van der Waals surface area contributed by atoms with Crippen LogP contribution in [-0.2, 0) is 4.79 Å². The maximum absolute atomic E-state index is 11.9. The molecule has 0 saturated carbocycles. The summed E-state index contributed by atoms with van der Waals surface area (Å²) >= 11 is 3.66. The average Bonchev–Trinajstić information content (AvgIpc) is 2.89. The van der Waals surface area contributed by atoms with Crippen molar-refractivity contribution in [2.24, 2.45) is 11.5 Å². The zero-order chi connectivity index (χ0) is 28.4. The van der Waals surface area contributed by atoms with E-state index in [9.17, 15) is 4.79 Å². The Labute approximate surface area is 230 Å². The summed E-state index contributed by atoms with van der Waals surface area (Å²) in [6.07, 6.45) is 9.11. The van der Waals surface area contributed by atoms with Crippen molar-refractivity contribution in [3.8, 4) is 0 Å². The first-order valence-electron chi connectivity index (χ1n) is 13.1. The summed E-state index contributed by atoms with van der Waals surface area (Å²) in [5.74, 6) is -0.215. The van der Waals surface area contributed by atoms with Crippen molar-refractivity contribution in [1.29, 1.82) is 0 Å². The lowest BCUT2D eigenvalue weighted by molar-refractivity contribution is -0.124. The number of amides is 1. The van der Waals surface area contributed by atoms with Gasteiger partial charge < -0.3 is 21.7 Å². The molecule has 0 fully saturated rings. The van der Waals surface area contributed by atoms with E-state index in [4.69, 9.17) is 11.5 Å². The number of dihydropyridines is 1. The highest BCUT2D eigenvalue weighted by Crippen LogP contribution is 2.25. The SMILES string of the molecule is CC.CC.CC.CC1=C(/C=C(\C)CN2CC=C(/C(N)=C(C)/C=C(\N)C(=O)N(C)C)CC2)C(Br)=CCN1. The standard InChI is InChI=1S/C23H34BrN5O.3C2H6/c1-15(12-19-17(3)27-9-6-20(19)24)14-29-10-7-18(8-11-29)22(26)16(2)13-21(25)23(30)28(4)5;3*1-2/h6-7,12-13,27H,8-11,14,25-26H2,1-5H3;3*1-2H3/b15-12+,21-13-,22-16-;;;. The van der Waals surface area contributed by atoms with Gasteiger partial charge in [-0.05, 0) is 44.4 Å². The lowest BCUT2D eigenvalue weighted by Gasteiger charge is -2.27. The van der Waals surface area contributed by atoms with E-state index >= 15 is 0 Å². The van der Waals surface area contributed by atoms with Gasteiger partial charge in [-0.15, -0.1) is 0 Å².